The summed E-state index contributed by atoms with van der Waals surface area (Å²) in [6, 6.07) is 6.66. The summed E-state index contributed by atoms with van der Waals surface area (Å²) >= 11 is 5.06. The lowest BCUT2D eigenvalue weighted by atomic mass is 10.1. The quantitative estimate of drug-likeness (QED) is 0.543. The monoisotopic (exact) mass is 394 g/mol. The molecule has 0 radical (unpaired) electrons. The van der Waals surface area contributed by atoms with Gasteiger partial charge in [0.2, 0.25) is 0 Å². The number of halogens is 5. The second-order valence-electron chi connectivity index (χ2n) is 2.76. The highest BCUT2D eigenvalue weighted by molar-refractivity contribution is 14.1. The van der Waals surface area contributed by atoms with E-state index >= 15 is 0 Å². The first-order valence-corrected chi connectivity index (χ1v) is 6.30. The van der Waals surface area contributed by atoms with Gasteiger partial charge in [-0.3, -0.25) is 4.74 Å². The summed E-state index contributed by atoms with van der Waals surface area (Å²) in [4.78, 5) is 0. The van der Waals surface area contributed by atoms with Gasteiger partial charge in [-0.1, -0.05) is 50.7 Å². The van der Waals surface area contributed by atoms with Crippen LogP contribution in [-0.4, -0.2) is 10.8 Å². The lowest BCUT2D eigenvalue weighted by Gasteiger charge is -2.17. The zero-order valence-electron chi connectivity index (χ0n) is 7.39. The van der Waals surface area contributed by atoms with Gasteiger partial charge in [-0.05, 0) is 17.7 Å². The number of ether oxygens (including phenoxy) is 1. The van der Waals surface area contributed by atoms with Gasteiger partial charge < -0.3 is 0 Å². The molecule has 0 heterocycles. The Morgan fingerprint density at radius 2 is 2.07 bits per heavy atom. The number of rotatable bonds is 3. The first-order valence-electron chi connectivity index (χ1n) is 3.98. The van der Waals surface area contributed by atoms with Crippen LogP contribution in [0.1, 0.15) is 11.7 Å². The third-order valence-electron chi connectivity index (χ3n) is 1.64. The standard InChI is InChI=1S/C9H7BrF3IO/c10-7-3-1-2-6(4-7)8(5-14)15-9(11,12)13/h1-4,8H,5H2. The molecule has 0 spiro atoms. The first kappa shape index (κ1) is 13.2. The molecule has 15 heavy (non-hydrogen) atoms. The Balaban J connectivity index is 2.83. The minimum absolute atomic E-state index is 0.244. The normalized spacial score (nSPS) is 13.9. The Hall–Kier alpha value is 0.180. The molecule has 0 bridgehead atoms. The van der Waals surface area contributed by atoms with Gasteiger partial charge in [0.15, 0.2) is 0 Å². The van der Waals surface area contributed by atoms with Crippen LogP contribution in [0, 0.1) is 0 Å². The van der Waals surface area contributed by atoms with Crippen LogP contribution in [0.3, 0.4) is 0 Å². The first-order chi connectivity index (χ1) is 6.92. The van der Waals surface area contributed by atoms with E-state index in [9.17, 15) is 13.2 Å². The molecule has 0 N–H and O–H groups in total. The van der Waals surface area contributed by atoms with Gasteiger partial charge in [-0.25, -0.2) is 0 Å². The molecule has 1 aromatic rings. The predicted molar refractivity (Wildman–Crippen MR) is 62.9 cm³/mol. The van der Waals surface area contributed by atoms with Gasteiger partial charge in [0.05, 0.1) is 0 Å². The number of benzene rings is 1. The third kappa shape index (κ3) is 4.69. The predicted octanol–water partition coefficient (Wildman–Crippen LogP) is 4.46. The van der Waals surface area contributed by atoms with Crippen molar-refractivity contribution in [2.24, 2.45) is 0 Å². The molecule has 0 aliphatic carbocycles. The summed E-state index contributed by atoms with van der Waals surface area (Å²) in [6.45, 7) is 0. The molecule has 0 aliphatic rings. The maximum Gasteiger partial charge on any atom is 0.523 e. The zero-order valence-corrected chi connectivity index (χ0v) is 11.1. The number of alkyl halides is 4. The summed E-state index contributed by atoms with van der Waals surface area (Å²) in [5.41, 5.74) is 0.510. The van der Waals surface area contributed by atoms with Gasteiger partial charge in [-0.2, -0.15) is 0 Å². The molecule has 0 saturated carbocycles. The number of hydrogen-bond acceptors (Lipinski definition) is 1. The summed E-state index contributed by atoms with van der Waals surface area (Å²) in [6.07, 6.45) is -5.55. The van der Waals surface area contributed by atoms with E-state index in [4.69, 9.17) is 0 Å². The largest absolute Gasteiger partial charge is 0.523 e. The molecular formula is C9H7BrF3IO. The molecule has 1 atom stereocenters. The van der Waals surface area contributed by atoms with Crippen molar-refractivity contribution in [2.45, 2.75) is 12.5 Å². The van der Waals surface area contributed by atoms with Crippen LogP contribution in [0.5, 0.6) is 0 Å². The van der Waals surface area contributed by atoms with Crippen molar-refractivity contribution in [1.29, 1.82) is 0 Å². The van der Waals surface area contributed by atoms with Crippen molar-refractivity contribution in [3.05, 3.63) is 34.3 Å². The Labute approximate surface area is 107 Å². The van der Waals surface area contributed by atoms with Crippen molar-refractivity contribution in [1.82, 2.24) is 0 Å². The average Bonchev–Trinajstić information content (AvgIpc) is 2.13. The SMILES string of the molecule is FC(F)(F)OC(CI)c1cccc(Br)c1. The fraction of sp³-hybridized carbons (Fsp3) is 0.333. The summed E-state index contributed by atoms with van der Waals surface area (Å²) in [7, 11) is 0. The van der Waals surface area contributed by atoms with E-state index in [0.29, 0.717) is 5.56 Å². The molecule has 1 unspecified atom stereocenters. The van der Waals surface area contributed by atoms with Crippen LogP contribution >= 0.6 is 38.5 Å². The highest BCUT2D eigenvalue weighted by Crippen LogP contribution is 2.30. The molecule has 84 valence electrons. The smallest absolute Gasteiger partial charge is 0.283 e. The van der Waals surface area contributed by atoms with Crippen molar-refractivity contribution in [3.63, 3.8) is 0 Å². The van der Waals surface area contributed by atoms with E-state index in [1.54, 1.807) is 24.3 Å². The Kier molecular flexibility index (Phi) is 4.85. The lowest BCUT2D eigenvalue weighted by Crippen LogP contribution is -2.19. The van der Waals surface area contributed by atoms with E-state index in [2.05, 4.69) is 20.7 Å². The minimum Gasteiger partial charge on any atom is -0.283 e. The van der Waals surface area contributed by atoms with Crippen LogP contribution in [0.15, 0.2) is 28.7 Å². The zero-order chi connectivity index (χ0) is 11.5. The second-order valence-corrected chi connectivity index (χ2v) is 4.56. The van der Waals surface area contributed by atoms with Crippen LogP contribution in [-0.2, 0) is 4.74 Å². The van der Waals surface area contributed by atoms with E-state index in [1.807, 2.05) is 22.6 Å². The van der Waals surface area contributed by atoms with Crippen molar-refractivity contribution < 1.29 is 17.9 Å². The van der Waals surface area contributed by atoms with Crippen LogP contribution in [0.4, 0.5) is 13.2 Å². The molecule has 1 rings (SSSR count). The van der Waals surface area contributed by atoms with E-state index in [-0.39, 0.29) is 4.43 Å². The molecule has 6 heteroatoms. The summed E-state index contributed by atoms with van der Waals surface area (Å²) < 4.78 is 41.1. The molecule has 0 saturated heterocycles. The number of hydrogen-bond donors (Lipinski definition) is 0. The molecule has 0 aliphatic heterocycles. The van der Waals surface area contributed by atoms with E-state index < -0.39 is 12.5 Å². The topological polar surface area (TPSA) is 9.23 Å². The minimum atomic E-state index is -4.60. The second kappa shape index (κ2) is 5.49. The average molecular weight is 395 g/mol. The lowest BCUT2D eigenvalue weighted by molar-refractivity contribution is -0.341. The third-order valence-corrected chi connectivity index (χ3v) is 2.93. The van der Waals surface area contributed by atoms with Crippen LogP contribution < -0.4 is 0 Å². The van der Waals surface area contributed by atoms with E-state index in [0.717, 1.165) is 4.47 Å². The van der Waals surface area contributed by atoms with Gasteiger partial charge in [0.25, 0.3) is 0 Å². The molecule has 0 fully saturated rings. The fourth-order valence-corrected chi connectivity index (χ4v) is 2.16. The van der Waals surface area contributed by atoms with Gasteiger partial charge in [0.1, 0.15) is 6.10 Å². The molecule has 0 aromatic heterocycles. The van der Waals surface area contributed by atoms with Gasteiger partial charge >= 0.3 is 6.36 Å². The van der Waals surface area contributed by atoms with Crippen molar-refractivity contribution >= 4 is 38.5 Å². The van der Waals surface area contributed by atoms with E-state index in [1.165, 1.54) is 0 Å². The van der Waals surface area contributed by atoms with Gasteiger partial charge in [0, 0.05) is 8.90 Å². The van der Waals surface area contributed by atoms with Crippen LogP contribution in [0.25, 0.3) is 0 Å². The Bertz CT molecular complexity index is 329. The maximum atomic E-state index is 12.0. The fourth-order valence-electron chi connectivity index (χ4n) is 1.06. The van der Waals surface area contributed by atoms with Crippen molar-refractivity contribution in [3.8, 4) is 0 Å². The van der Waals surface area contributed by atoms with Gasteiger partial charge in [-0.15, -0.1) is 13.2 Å². The summed E-state index contributed by atoms with van der Waals surface area (Å²) in [5, 5.41) is 0. The molecule has 0 amide bonds. The molecule has 1 aromatic carbocycles. The van der Waals surface area contributed by atoms with Crippen molar-refractivity contribution in [2.75, 3.05) is 4.43 Å². The molecular weight excluding hydrogens is 388 g/mol. The Morgan fingerprint density at radius 1 is 1.40 bits per heavy atom. The van der Waals surface area contributed by atoms with Crippen LogP contribution in [0.2, 0.25) is 0 Å². The highest BCUT2D eigenvalue weighted by Gasteiger charge is 2.33. The summed E-state index contributed by atoms with van der Waals surface area (Å²) in [5.74, 6) is 0. The highest BCUT2D eigenvalue weighted by atomic mass is 127. The molecule has 1 nitrogen and oxygen atoms in total. The maximum absolute atomic E-state index is 12.0. The Morgan fingerprint density at radius 3 is 2.53 bits per heavy atom.